The quantitative estimate of drug-likeness (QED) is 0.306. The number of thiazole rings is 1. The van der Waals surface area contributed by atoms with Gasteiger partial charge in [0.1, 0.15) is 15.5 Å². The number of carbonyl (C=O) groups excluding carboxylic acids is 1. The van der Waals surface area contributed by atoms with Crippen molar-refractivity contribution in [3.8, 4) is 10.6 Å². The van der Waals surface area contributed by atoms with Gasteiger partial charge in [-0.1, -0.05) is 37.3 Å². The molecular weight excluding hydrogens is 474 g/mol. The van der Waals surface area contributed by atoms with Gasteiger partial charge in [0.25, 0.3) is 0 Å². The van der Waals surface area contributed by atoms with Crippen LogP contribution in [0.3, 0.4) is 0 Å². The van der Waals surface area contributed by atoms with E-state index in [0.29, 0.717) is 12.5 Å². The van der Waals surface area contributed by atoms with Crippen LogP contribution in [0.25, 0.3) is 20.8 Å². The van der Waals surface area contributed by atoms with Crippen molar-refractivity contribution in [3.63, 3.8) is 0 Å². The van der Waals surface area contributed by atoms with Crippen LogP contribution in [0.4, 0.5) is 5.00 Å². The van der Waals surface area contributed by atoms with Crippen LogP contribution in [0, 0.1) is 0 Å². The molecule has 4 heterocycles. The normalized spacial score (nSPS) is 14.3. The smallest absolute Gasteiger partial charge is 0.226 e. The minimum Gasteiger partial charge on any atom is -0.317 e. The van der Waals surface area contributed by atoms with Gasteiger partial charge in [-0.2, -0.15) is 0 Å². The zero-order chi connectivity index (χ0) is 24.2. The second kappa shape index (κ2) is 11.0. The van der Waals surface area contributed by atoms with Gasteiger partial charge in [-0.25, -0.2) is 4.98 Å². The number of nitrogens with one attached hydrogen (secondary N) is 2. The maximum absolute atomic E-state index is 13.2. The molecule has 1 atom stereocenters. The number of fused-ring (bicyclic) bond motifs is 2. The van der Waals surface area contributed by atoms with Crippen molar-refractivity contribution in [2.24, 2.45) is 0 Å². The van der Waals surface area contributed by atoms with E-state index in [4.69, 9.17) is 4.98 Å². The van der Waals surface area contributed by atoms with Gasteiger partial charge in [-0.15, -0.1) is 22.7 Å². The fourth-order valence-corrected chi connectivity index (χ4v) is 6.81. The number of aromatic nitrogens is 2. The fraction of sp³-hybridized carbons (Fsp3) is 0.370. The molecule has 35 heavy (non-hydrogen) atoms. The molecule has 0 saturated heterocycles. The Morgan fingerprint density at radius 1 is 1.23 bits per heavy atom. The molecule has 8 heteroatoms. The Labute approximate surface area is 214 Å². The first-order chi connectivity index (χ1) is 17.1. The molecule has 1 amide bonds. The number of hydrogen-bond acceptors (Lipinski definition) is 7. The van der Waals surface area contributed by atoms with E-state index < -0.39 is 0 Å². The van der Waals surface area contributed by atoms with Gasteiger partial charge in [0, 0.05) is 48.7 Å². The van der Waals surface area contributed by atoms with Crippen molar-refractivity contribution in [2.75, 3.05) is 18.4 Å². The Kier molecular flexibility index (Phi) is 7.53. The Bertz CT molecular complexity index is 1270. The number of thiophene rings is 1. The molecule has 1 aliphatic rings. The van der Waals surface area contributed by atoms with E-state index >= 15 is 0 Å². The van der Waals surface area contributed by atoms with E-state index in [0.717, 1.165) is 64.8 Å². The Balaban J connectivity index is 1.34. The summed E-state index contributed by atoms with van der Waals surface area (Å²) in [6.07, 6.45) is 6.07. The molecule has 3 aromatic heterocycles. The second-order valence-corrected chi connectivity index (χ2v) is 11.1. The molecule has 0 spiro atoms. The van der Waals surface area contributed by atoms with Gasteiger partial charge in [0.2, 0.25) is 5.91 Å². The number of benzene rings is 1. The lowest BCUT2D eigenvalue weighted by atomic mass is 10.0. The Hall–Kier alpha value is -2.65. The number of anilines is 1. The predicted molar refractivity (Wildman–Crippen MR) is 146 cm³/mol. The molecule has 182 valence electrons. The fourth-order valence-electron chi connectivity index (χ4n) is 4.50. The molecule has 5 rings (SSSR count). The zero-order valence-electron chi connectivity index (χ0n) is 20.2. The number of rotatable bonds is 9. The van der Waals surface area contributed by atoms with E-state index in [9.17, 15) is 4.79 Å². The van der Waals surface area contributed by atoms with Crippen LogP contribution in [0.15, 0.2) is 48.8 Å². The van der Waals surface area contributed by atoms with Gasteiger partial charge in [-0.3, -0.25) is 14.7 Å². The first-order valence-electron chi connectivity index (χ1n) is 12.3. The lowest BCUT2D eigenvalue weighted by Gasteiger charge is -2.28. The van der Waals surface area contributed by atoms with E-state index in [1.165, 1.54) is 16.0 Å². The third kappa shape index (κ3) is 5.46. The third-order valence-corrected chi connectivity index (χ3v) is 8.85. The summed E-state index contributed by atoms with van der Waals surface area (Å²) in [4.78, 5) is 26.0. The van der Waals surface area contributed by atoms with Gasteiger partial charge < -0.3 is 10.6 Å². The molecule has 0 fully saturated rings. The van der Waals surface area contributed by atoms with Crippen LogP contribution in [0.2, 0.25) is 0 Å². The first-order valence-corrected chi connectivity index (χ1v) is 13.9. The molecular formula is C27H31N5OS2. The van der Waals surface area contributed by atoms with Crippen LogP contribution in [-0.4, -0.2) is 39.9 Å². The summed E-state index contributed by atoms with van der Waals surface area (Å²) in [6, 6.07) is 12.9. The van der Waals surface area contributed by atoms with E-state index in [1.54, 1.807) is 28.9 Å². The highest BCUT2D eigenvalue weighted by Crippen LogP contribution is 2.44. The second-order valence-electron chi connectivity index (χ2n) is 9.01. The lowest BCUT2D eigenvalue weighted by molar-refractivity contribution is -0.116. The summed E-state index contributed by atoms with van der Waals surface area (Å²) in [5, 5.41) is 8.61. The highest BCUT2D eigenvalue weighted by Gasteiger charge is 2.25. The average molecular weight is 506 g/mol. The molecule has 6 nitrogen and oxygen atoms in total. The van der Waals surface area contributed by atoms with E-state index in [-0.39, 0.29) is 5.91 Å². The summed E-state index contributed by atoms with van der Waals surface area (Å²) in [5.74, 6) is 0.0574. The third-order valence-electron chi connectivity index (χ3n) is 6.65. The van der Waals surface area contributed by atoms with Crippen LogP contribution < -0.4 is 10.6 Å². The van der Waals surface area contributed by atoms with Crippen molar-refractivity contribution < 1.29 is 4.79 Å². The Morgan fingerprint density at radius 2 is 2.09 bits per heavy atom. The summed E-state index contributed by atoms with van der Waals surface area (Å²) < 4.78 is 1.12. The summed E-state index contributed by atoms with van der Waals surface area (Å²) >= 11 is 3.36. The van der Waals surface area contributed by atoms with Crippen molar-refractivity contribution in [3.05, 3.63) is 64.8 Å². The SMILES string of the molecule is CC[C@H](C)N(CCC(=O)Nc1sc2c(c1-c1nc3cnccc3s1)CCNC2)Cc1ccccc1. The molecule has 0 unspecified atom stereocenters. The minimum atomic E-state index is 0.0574. The minimum absolute atomic E-state index is 0.0574. The van der Waals surface area contributed by atoms with Crippen LogP contribution in [-0.2, 0) is 24.3 Å². The number of hydrogen-bond donors (Lipinski definition) is 2. The molecule has 4 aromatic rings. The van der Waals surface area contributed by atoms with Crippen LogP contribution in [0.1, 0.15) is 42.7 Å². The van der Waals surface area contributed by atoms with Gasteiger partial charge in [0.15, 0.2) is 0 Å². The van der Waals surface area contributed by atoms with Gasteiger partial charge in [0.05, 0.1) is 10.9 Å². The number of amides is 1. The number of carbonyl (C=O) groups is 1. The summed E-state index contributed by atoms with van der Waals surface area (Å²) in [5.41, 5.74) is 4.61. The number of pyridine rings is 1. The van der Waals surface area contributed by atoms with Crippen molar-refractivity contribution in [2.45, 2.75) is 52.2 Å². The van der Waals surface area contributed by atoms with E-state index in [1.807, 2.05) is 18.3 Å². The molecule has 1 aliphatic heterocycles. The first kappa shape index (κ1) is 24.1. The molecule has 1 aromatic carbocycles. The molecule has 0 radical (unpaired) electrons. The van der Waals surface area contributed by atoms with Crippen molar-refractivity contribution in [1.29, 1.82) is 0 Å². The van der Waals surface area contributed by atoms with Gasteiger partial charge >= 0.3 is 0 Å². The maximum Gasteiger partial charge on any atom is 0.226 e. The predicted octanol–water partition coefficient (Wildman–Crippen LogP) is 5.69. The van der Waals surface area contributed by atoms with Gasteiger partial charge in [-0.05, 0) is 43.5 Å². The highest BCUT2D eigenvalue weighted by molar-refractivity contribution is 7.22. The molecule has 0 saturated carbocycles. The molecule has 0 bridgehead atoms. The van der Waals surface area contributed by atoms with E-state index in [2.05, 4.69) is 58.6 Å². The van der Waals surface area contributed by atoms with Crippen molar-refractivity contribution in [1.82, 2.24) is 20.2 Å². The van der Waals surface area contributed by atoms with Crippen molar-refractivity contribution >= 4 is 43.8 Å². The average Bonchev–Trinajstić information content (AvgIpc) is 3.47. The lowest BCUT2D eigenvalue weighted by Crippen LogP contribution is -2.34. The van der Waals surface area contributed by atoms with Crippen LogP contribution >= 0.6 is 22.7 Å². The summed E-state index contributed by atoms with van der Waals surface area (Å²) in [6.45, 7) is 7.81. The zero-order valence-corrected chi connectivity index (χ0v) is 21.8. The van der Waals surface area contributed by atoms with Crippen LogP contribution in [0.5, 0.6) is 0 Å². The maximum atomic E-state index is 13.2. The number of nitrogens with zero attached hydrogens (tertiary/aromatic N) is 3. The standard InChI is InChI=1S/C27H31N5OS2/c1-3-18(2)32(17-19-7-5-4-6-8-19)14-11-24(33)31-27-25(20-9-12-29-16-23(20)35-27)26-30-21-15-28-13-10-22(21)34-26/h4-8,10,13,15,18,29H,3,9,11-12,14,16-17H2,1-2H3,(H,31,33)/t18-/m0/s1. The summed E-state index contributed by atoms with van der Waals surface area (Å²) in [7, 11) is 0. The monoisotopic (exact) mass is 505 g/mol. The largest absolute Gasteiger partial charge is 0.317 e. The molecule has 2 N–H and O–H groups in total. The Morgan fingerprint density at radius 3 is 2.89 bits per heavy atom. The highest BCUT2D eigenvalue weighted by atomic mass is 32.1. The topological polar surface area (TPSA) is 70.2 Å². The molecule has 0 aliphatic carbocycles.